The Morgan fingerprint density at radius 3 is 2.04 bits per heavy atom. The van der Waals surface area contributed by atoms with E-state index in [4.69, 9.17) is 9.90 Å². The normalized spacial score (nSPS) is 17.4. The number of halogens is 3. The van der Waals surface area contributed by atoms with Crippen molar-refractivity contribution in [2.24, 2.45) is 5.92 Å². The van der Waals surface area contributed by atoms with Crippen molar-refractivity contribution in [2.45, 2.75) is 31.9 Å². The van der Waals surface area contributed by atoms with Crippen LogP contribution in [0.25, 0.3) is 0 Å². The van der Waals surface area contributed by atoms with Crippen LogP contribution in [0, 0.1) is 5.92 Å². The molecular weight excluding hydrogens is 365 g/mol. The summed E-state index contributed by atoms with van der Waals surface area (Å²) in [5, 5.41) is 10.5. The summed E-state index contributed by atoms with van der Waals surface area (Å²) in [4.78, 5) is 34.7. The molecule has 2 aliphatic rings. The van der Waals surface area contributed by atoms with Gasteiger partial charge in [0, 0.05) is 6.54 Å². The van der Waals surface area contributed by atoms with Crippen molar-refractivity contribution in [3.05, 3.63) is 35.4 Å². The van der Waals surface area contributed by atoms with Crippen molar-refractivity contribution in [3.63, 3.8) is 0 Å². The van der Waals surface area contributed by atoms with Gasteiger partial charge >= 0.3 is 12.1 Å². The Bertz CT molecular complexity index is 665. The summed E-state index contributed by atoms with van der Waals surface area (Å²) < 4.78 is 31.7. The maximum absolute atomic E-state index is 12.2. The van der Waals surface area contributed by atoms with Gasteiger partial charge in [0.15, 0.2) is 0 Å². The number of hydrogen-bond donors (Lipinski definition) is 2. The maximum atomic E-state index is 12.2. The molecule has 0 unspecified atom stereocenters. The lowest BCUT2D eigenvalue weighted by molar-refractivity contribution is -0.192. The molecule has 148 valence electrons. The van der Waals surface area contributed by atoms with E-state index in [9.17, 15) is 22.8 Å². The van der Waals surface area contributed by atoms with E-state index in [-0.39, 0.29) is 11.8 Å². The van der Waals surface area contributed by atoms with E-state index >= 15 is 0 Å². The predicted molar refractivity (Wildman–Crippen MR) is 90.3 cm³/mol. The number of alkyl halides is 3. The molecule has 0 bridgehead atoms. The number of carboxylic acid groups (broad SMARTS) is 1. The van der Waals surface area contributed by atoms with Crippen LogP contribution in [0.1, 0.15) is 46.4 Å². The molecule has 1 fully saturated rings. The number of carboxylic acids is 1. The smallest absolute Gasteiger partial charge is 0.475 e. The molecule has 2 N–H and O–H groups in total. The number of amides is 2. The van der Waals surface area contributed by atoms with Crippen LogP contribution in [0.15, 0.2) is 24.3 Å². The molecule has 1 saturated heterocycles. The molecule has 2 heterocycles. The Hall–Kier alpha value is -2.42. The number of imide groups is 1. The highest BCUT2D eigenvalue weighted by atomic mass is 19.4. The van der Waals surface area contributed by atoms with Crippen LogP contribution < -0.4 is 5.32 Å². The zero-order valence-corrected chi connectivity index (χ0v) is 14.6. The predicted octanol–water partition coefficient (Wildman–Crippen LogP) is 2.70. The van der Waals surface area contributed by atoms with E-state index in [0.29, 0.717) is 17.7 Å². The number of hydrogen-bond acceptors (Lipinski definition) is 4. The van der Waals surface area contributed by atoms with Gasteiger partial charge in [-0.1, -0.05) is 12.1 Å². The molecule has 3 rings (SSSR count). The number of aliphatic carboxylic acids is 1. The van der Waals surface area contributed by atoms with Gasteiger partial charge < -0.3 is 10.4 Å². The van der Waals surface area contributed by atoms with E-state index in [1.807, 2.05) is 12.1 Å². The first kappa shape index (κ1) is 20.9. The minimum absolute atomic E-state index is 0.129. The minimum atomic E-state index is -5.08. The first-order valence-electron chi connectivity index (χ1n) is 8.68. The summed E-state index contributed by atoms with van der Waals surface area (Å²) in [6, 6.07) is 7.09. The van der Waals surface area contributed by atoms with Crippen LogP contribution in [0.5, 0.6) is 0 Å². The second-order valence-electron chi connectivity index (χ2n) is 6.45. The third-order valence-electron chi connectivity index (χ3n) is 4.57. The fourth-order valence-electron chi connectivity index (χ4n) is 3.15. The van der Waals surface area contributed by atoms with Gasteiger partial charge in [0.05, 0.1) is 11.1 Å². The topological polar surface area (TPSA) is 86.7 Å². The number of benzene rings is 1. The molecule has 0 radical (unpaired) electrons. The van der Waals surface area contributed by atoms with Gasteiger partial charge in [-0.2, -0.15) is 13.2 Å². The van der Waals surface area contributed by atoms with Crippen molar-refractivity contribution in [1.82, 2.24) is 10.2 Å². The van der Waals surface area contributed by atoms with Crippen molar-refractivity contribution in [2.75, 3.05) is 19.6 Å². The van der Waals surface area contributed by atoms with Gasteiger partial charge in [0.2, 0.25) is 0 Å². The van der Waals surface area contributed by atoms with Gasteiger partial charge in [-0.3, -0.25) is 14.5 Å². The fourth-order valence-corrected chi connectivity index (χ4v) is 3.15. The summed E-state index contributed by atoms with van der Waals surface area (Å²) in [6.45, 7) is 2.74. The van der Waals surface area contributed by atoms with Gasteiger partial charge in [-0.05, 0) is 56.8 Å². The molecule has 0 saturated carbocycles. The largest absolute Gasteiger partial charge is 0.490 e. The molecule has 27 heavy (non-hydrogen) atoms. The van der Waals surface area contributed by atoms with Gasteiger partial charge in [-0.25, -0.2) is 4.79 Å². The highest BCUT2D eigenvalue weighted by Crippen LogP contribution is 2.24. The number of nitrogens with one attached hydrogen (secondary N) is 1. The number of rotatable bonds is 4. The van der Waals surface area contributed by atoms with E-state index in [0.717, 1.165) is 31.8 Å². The Balaban J connectivity index is 0.000000321. The summed E-state index contributed by atoms with van der Waals surface area (Å²) in [5.41, 5.74) is 1.11. The molecule has 6 nitrogen and oxygen atoms in total. The number of nitrogens with zero attached hydrogens (tertiary/aromatic N) is 1. The van der Waals surface area contributed by atoms with Crippen molar-refractivity contribution < 1.29 is 32.7 Å². The first-order chi connectivity index (χ1) is 12.7. The monoisotopic (exact) mass is 386 g/mol. The van der Waals surface area contributed by atoms with Gasteiger partial charge in [0.1, 0.15) is 0 Å². The Kier molecular flexibility index (Phi) is 6.95. The lowest BCUT2D eigenvalue weighted by Crippen LogP contribution is -2.32. The number of piperidine rings is 1. The van der Waals surface area contributed by atoms with E-state index in [2.05, 4.69) is 5.32 Å². The van der Waals surface area contributed by atoms with E-state index in [1.165, 1.54) is 17.7 Å². The van der Waals surface area contributed by atoms with Crippen LogP contribution in [0.4, 0.5) is 13.2 Å². The van der Waals surface area contributed by atoms with Gasteiger partial charge in [0.25, 0.3) is 11.8 Å². The van der Waals surface area contributed by atoms with E-state index in [1.54, 1.807) is 12.1 Å². The third kappa shape index (κ3) is 5.53. The summed E-state index contributed by atoms with van der Waals surface area (Å²) >= 11 is 0. The minimum Gasteiger partial charge on any atom is -0.475 e. The average molecular weight is 386 g/mol. The molecule has 2 amide bonds. The highest BCUT2D eigenvalue weighted by Gasteiger charge is 2.38. The quantitative estimate of drug-likeness (QED) is 0.777. The molecule has 0 aromatic heterocycles. The van der Waals surface area contributed by atoms with Crippen LogP contribution >= 0.6 is 0 Å². The molecule has 0 spiro atoms. The first-order valence-corrected chi connectivity index (χ1v) is 8.68. The number of carbonyl (C=O) groups is 3. The van der Waals surface area contributed by atoms with E-state index < -0.39 is 12.1 Å². The Labute approximate surface area is 154 Å². The zero-order chi connectivity index (χ0) is 20.0. The average Bonchev–Trinajstić information content (AvgIpc) is 2.88. The number of fused-ring (bicyclic) bond motifs is 1. The van der Waals surface area contributed by atoms with Gasteiger partial charge in [-0.15, -0.1) is 0 Å². The van der Waals surface area contributed by atoms with Crippen LogP contribution in [-0.4, -0.2) is 53.6 Å². The molecule has 9 heteroatoms. The summed E-state index contributed by atoms with van der Waals surface area (Å²) in [7, 11) is 0. The Morgan fingerprint density at radius 2 is 1.59 bits per heavy atom. The fraction of sp³-hybridized carbons (Fsp3) is 0.500. The lowest BCUT2D eigenvalue weighted by atomic mass is 9.93. The van der Waals surface area contributed by atoms with Crippen molar-refractivity contribution in [1.29, 1.82) is 0 Å². The molecule has 0 aliphatic carbocycles. The van der Waals surface area contributed by atoms with Crippen LogP contribution in [0.2, 0.25) is 0 Å². The second-order valence-corrected chi connectivity index (χ2v) is 6.45. The number of carbonyl (C=O) groups excluding carboxylic acids is 2. The lowest BCUT2D eigenvalue weighted by Gasteiger charge is -2.23. The molecular formula is C18H21F3N2O4. The van der Waals surface area contributed by atoms with Crippen molar-refractivity contribution in [3.8, 4) is 0 Å². The highest BCUT2D eigenvalue weighted by molar-refractivity contribution is 6.21. The summed E-state index contributed by atoms with van der Waals surface area (Å²) in [6.07, 6.45) is -0.643. The molecule has 1 aromatic carbocycles. The standard InChI is InChI=1S/C16H20N2O2.C2HF3O2/c19-15-13-5-1-2-6-14(13)16(20)18(15)11-3-4-12-7-9-17-10-8-12;3-2(4,5)1(6)7/h1-2,5-6,12,17H,3-4,7-11H2;(H,6,7). The zero-order valence-electron chi connectivity index (χ0n) is 14.6. The van der Waals surface area contributed by atoms with Crippen LogP contribution in [0.3, 0.4) is 0 Å². The van der Waals surface area contributed by atoms with Crippen LogP contribution in [-0.2, 0) is 4.79 Å². The Morgan fingerprint density at radius 1 is 1.11 bits per heavy atom. The maximum Gasteiger partial charge on any atom is 0.490 e. The summed E-state index contributed by atoms with van der Waals surface area (Å²) in [5.74, 6) is -2.27. The molecule has 2 aliphatic heterocycles. The molecule has 1 aromatic rings. The second kappa shape index (κ2) is 8.98. The third-order valence-corrected chi connectivity index (χ3v) is 4.57. The molecule has 0 atom stereocenters. The van der Waals surface area contributed by atoms with Crippen molar-refractivity contribution >= 4 is 17.8 Å². The SMILES string of the molecule is O=C(O)C(F)(F)F.O=C1c2ccccc2C(=O)N1CCCC1CCNCC1.